The van der Waals surface area contributed by atoms with Crippen molar-refractivity contribution < 1.29 is 13.2 Å². The molecule has 0 N–H and O–H groups in total. The van der Waals surface area contributed by atoms with Crippen LogP contribution in [0.15, 0.2) is 53.9 Å². The molecule has 0 radical (unpaired) electrons. The largest absolute Gasteiger partial charge is 0.330 e. The fourth-order valence-corrected chi connectivity index (χ4v) is 4.17. The lowest BCUT2D eigenvalue weighted by atomic mass is 10.2. The lowest BCUT2D eigenvalue weighted by molar-refractivity contribution is 0.0764. The molecule has 0 spiro atoms. The zero-order valence-electron chi connectivity index (χ0n) is 14.0. The number of nitrogens with zero attached hydrogens (tertiary/aromatic N) is 2. The minimum Gasteiger partial charge on any atom is -0.330 e. The van der Waals surface area contributed by atoms with Gasteiger partial charge in [-0.05, 0) is 36.4 Å². The molecule has 2 rings (SSSR count). The van der Waals surface area contributed by atoms with Gasteiger partial charge in [0.25, 0.3) is 5.91 Å². The molecular weight excluding hydrogens is 380 g/mol. The van der Waals surface area contributed by atoms with Gasteiger partial charge >= 0.3 is 0 Å². The Morgan fingerprint density at radius 2 is 1.84 bits per heavy atom. The van der Waals surface area contributed by atoms with Crippen LogP contribution < -0.4 is 0 Å². The molecule has 0 aliphatic carbocycles. The van der Waals surface area contributed by atoms with E-state index >= 15 is 0 Å². The maximum absolute atomic E-state index is 12.7. The predicted octanol–water partition coefficient (Wildman–Crippen LogP) is 3.48. The lowest BCUT2D eigenvalue weighted by Gasteiger charge is -2.21. The van der Waals surface area contributed by atoms with Crippen molar-refractivity contribution in [1.82, 2.24) is 9.21 Å². The van der Waals surface area contributed by atoms with E-state index in [0.29, 0.717) is 23.0 Å². The van der Waals surface area contributed by atoms with Crippen molar-refractivity contribution >= 4 is 38.9 Å². The summed E-state index contributed by atoms with van der Waals surface area (Å²) in [5, 5.41) is 0. The normalized spacial score (nSPS) is 11.5. The Kier molecular flexibility index (Phi) is 6.40. The zero-order chi connectivity index (χ0) is 18.6. The third kappa shape index (κ3) is 4.70. The summed E-state index contributed by atoms with van der Waals surface area (Å²) in [4.78, 5) is 15.5. The molecule has 1 amide bonds. The molecular formula is C17H19ClN2O3S2. The highest BCUT2D eigenvalue weighted by Crippen LogP contribution is 2.23. The van der Waals surface area contributed by atoms with Crippen molar-refractivity contribution in [3.8, 4) is 0 Å². The highest BCUT2D eigenvalue weighted by molar-refractivity contribution is 7.89. The van der Waals surface area contributed by atoms with Gasteiger partial charge in [-0.15, -0.1) is 17.9 Å². The van der Waals surface area contributed by atoms with E-state index in [1.807, 2.05) is 6.07 Å². The van der Waals surface area contributed by atoms with E-state index in [2.05, 4.69) is 6.58 Å². The summed E-state index contributed by atoms with van der Waals surface area (Å²) >= 11 is 7.35. The number of halogens is 1. The zero-order valence-corrected chi connectivity index (χ0v) is 16.4. The number of hydrogen-bond acceptors (Lipinski definition) is 4. The first-order valence-corrected chi connectivity index (χ1v) is 10.1. The van der Waals surface area contributed by atoms with Gasteiger partial charge < -0.3 is 4.90 Å². The monoisotopic (exact) mass is 398 g/mol. The van der Waals surface area contributed by atoms with E-state index in [9.17, 15) is 13.2 Å². The van der Waals surface area contributed by atoms with E-state index in [-0.39, 0.29) is 10.8 Å². The minimum absolute atomic E-state index is 0.148. The van der Waals surface area contributed by atoms with E-state index in [1.54, 1.807) is 17.0 Å². The van der Waals surface area contributed by atoms with Gasteiger partial charge in [-0.1, -0.05) is 17.7 Å². The van der Waals surface area contributed by atoms with Gasteiger partial charge in [-0.2, -0.15) is 0 Å². The lowest BCUT2D eigenvalue weighted by Crippen LogP contribution is -2.30. The summed E-state index contributed by atoms with van der Waals surface area (Å²) in [6.45, 7) is 4.49. The van der Waals surface area contributed by atoms with Crippen LogP contribution in [0.25, 0.3) is 0 Å². The van der Waals surface area contributed by atoms with Gasteiger partial charge in [0.2, 0.25) is 10.0 Å². The first-order valence-electron chi connectivity index (χ1n) is 7.42. The quantitative estimate of drug-likeness (QED) is 0.671. The van der Waals surface area contributed by atoms with Crippen molar-refractivity contribution in [2.45, 2.75) is 11.4 Å². The molecule has 8 heteroatoms. The van der Waals surface area contributed by atoms with Crippen LogP contribution in [0, 0.1) is 0 Å². The second-order valence-electron chi connectivity index (χ2n) is 5.49. The number of thiophene rings is 1. The number of sulfonamides is 1. The SMILES string of the molecule is C=CCN(Cc1ccc(Cl)s1)C(=O)c1ccc(S(=O)(=O)N(C)C)cc1. The fourth-order valence-electron chi connectivity index (χ4n) is 2.16. The van der Waals surface area contributed by atoms with Crippen LogP contribution in [-0.2, 0) is 16.6 Å². The highest BCUT2D eigenvalue weighted by atomic mass is 35.5. The van der Waals surface area contributed by atoms with Crippen molar-refractivity contribution in [2.24, 2.45) is 0 Å². The average Bonchev–Trinajstić information content (AvgIpc) is 2.99. The first kappa shape index (κ1) is 19.7. The number of hydrogen-bond donors (Lipinski definition) is 0. The topological polar surface area (TPSA) is 57.7 Å². The van der Waals surface area contributed by atoms with Crippen LogP contribution in [0.2, 0.25) is 4.34 Å². The fraction of sp³-hybridized carbons (Fsp3) is 0.235. The molecule has 2 aromatic rings. The van der Waals surface area contributed by atoms with E-state index in [1.165, 1.54) is 49.7 Å². The van der Waals surface area contributed by atoms with Gasteiger partial charge in [-0.25, -0.2) is 12.7 Å². The Morgan fingerprint density at radius 3 is 2.32 bits per heavy atom. The van der Waals surface area contributed by atoms with E-state index in [0.717, 1.165) is 9.18 Å². The van der Waals surface area contributed by atoms with Crippen LogP contribution in [0.5, 0.6) is 0 Å². The summed E-state index contributed by atoms with van der Waals surface area (Å²) in [6.07, 6.45) is 1.65. The van der Waals surface area contributed by atoms with Gasteiger partial charge in [0.05, 0.1) is 15.8 Å². The molecule has 0 unspecified atom stereocenters. The number of benzene rings is 1. The van der Waals surface area contributed by atoms with Crippen LogP contribution in [0.3, 0.4) is 0 Å². The molecule has 0 fully saturated rings. The molecule has 1 heterocycles. The number of rotatable bonds is 7. The molecule has 0 saturated heterocycles. The molecule has 0 aliphatic rings. The number of carbonyl (C=O) groups excluding carboxylic acids is 1. The second-order valence-corrected chi connectivity index (χ2v) is 9.44. The summed E-state index contributed by atoms with van der Waals surface area (Å²) in [5.74, 6) is -0.196. The Morgan fingerprint density at radius 1 is 1.20 bits per heavy atom. The maximum Gasteiger partial charge on any atom is 0.254 e. The molecule has 1 aromatic carbocycles. The Labute approximate surface area is 157 Å². The van der Waals surface area contributed by atoms with Gasteiger partial charge in [0.1, 0.15) is 0 Å². The summed E-state index contributed by atoms with van der Waals surface area (Å²) in [5.41, 5.74) is 0.419. The van der Waals surface area contributed by atoms with Crippen molar-refractivity contribution in [3.63, 3.8) is 0 Å². The minimum atomic E-state index is -3.52. The molecule has 25 heavy (non-hydrogen) atoms. The molecule has 0 saturated carbocycles. The van der Waals surface area contributed by atoms with Crippen molar-refractivity contribution in [3.05, 3.63) is 63.8 Å². The smallest absolute Gasteiger partial charge is 0.254 e. The highest BCUT2D eigenvalue weighted by Gasteiger charge is 2.20. The van der Waals surface area contributed by atoms with E-state index in [4.69, 9.17) is 11.6 Å². The predicted molar refractivity (Wildman–Crippen MR) is 102 cm³/mol. The van der Waals surface area contributed by atoms with Crippen molar-refractivity contribution in [2.75, 3.05) is 20.6 Å². The van der Waals surface area contributed by atoms with Crippen LogP contribution in [-0.4, -0.2) is 44.2 Å². The third-order valence-electron chi connectivity index (χ3n) is 3.49. The van der Waals surface area contributed by atoms with Crippen LogP contribution in [0.4, 0.5) is 0 Å². The third-order valence-corrected chi connectivity index (χ3v) is 6.54. The molecule has 0 atom stereocenters. The summed E-state index contributed by atoms with van der Waals surface area (Å²) in [6, 6.07) is 9.60. The van der Waals surface area contributed by atoms with Crippen LogP contribution >= 0.6 is 22.9 Å². The molecule has 1 aromatic heterocycles. The average molecular weight is 399 g/mol. The van der Waals surface area contributed by atoms with Crippen molar-refractivity contribution in [1.29, 1.82) is 0 Å². The summed E-state index contributed by atoms with van der Waals surface area (Å²) in [7, 11) is -0.587. The summed E-state index contributed by atoms with van der Waals surface area (Å²) < 4.78 is 26.0. The Balaban J connectivity index is 2.22. The molecule has 5 nitrogen and oxygen atoms in total. The number of amides is 1. The van der Waals surface area contributed by atoms with Gasteiger partial charge in [0, 0.05) is 31.1 Å². The number of carbonyl (C=O) groups is 1. The maximum atomic E-state index is 12.7. The van der Waals surface area contributed by atoms with Gasteiger partial charge in [-0.3, -0.25) is 4.79 Å². The van der Waals surface area contributed by atoms with Crippen LogP contribution in [0.1, 0.15) is 15.2 Å². The standard InChI is InChI=1S/C17H19ClN2O3S2/c1-4-11-20(12-14-7-10-16(18)24-14)17(21)13-5-8-15(9-6-13)25(22,23)19(2)3/h4-10H,1,11-12H2,2-3H3. The molecule has 0 bridgehead atoms. The van der Waals surface area contributed by atoms with E-state index < -0.39 is 10.0 Å². The molecule has 0 aliphatic heterocycles. The molecule has 134 valence electrons. The first-order chi connectivity index (χ1) is 11.8. The second kappa shape index (κ2) is 8.14. The Bertz CT molecular complexity index is 858. The van der Waals surface area contributed by atoms with Gasteiger partial charge in [0.15, 0.2) is 0 Å². The Hall–Kier alpha value is -1.67.